The normalized spacial score (nSPS) is 11.3. The van der Waals surface area contributed by atoms with Crippen LogP contribution in [0.25, 0.3) is 11.8 Å². The molecule has 9 heteroatoms. The first-order chi connectivity index (χ1) is 14.6. The zero-order valence-corrected chi connectivity index (χ0v) is 17.1. The van der Waals surface area contributed by atoms with Crippen LogP contribution in [0, 0.1) is 17.1 Å². The van der Waals surface area contributed by atoms with E-state index in [2.05, 4.69) is 15.5 Å². The summed E-state index contributed by atoms with van der Waals surface area (Å²) in [6.07, 6.45) is 3.83. The fraction of sp³-hybridized carbons (Fsp3) is 0.0476. The molecule has 0 radical (unpaired) electrons. The summed E-state index contributed by atoms with van der Waals surface area (Å²) >= 11 is 2.89. The van der Waals surface area contributed by atoms with Crippen molar-refractivity contribution in [3.05, 3.63) is 87.1 Å². The highest BCUT2D eigenvalue weighted by Gasteiger charge is 2.14. The third kappa shape index (κ3) is 4.51. The second kappa shape index (κ2) is 8.82. The van der Waals surface area contributed by atoms with Gasteiger partial charge in [-0.3, -0.25) is 10.1 Å². The summed E-state index contributed by atoms with van der Waals surface area (Å²) in [5, 5.41) is 23.3. The minimum absolute atomic E-state index is 0.0960. The summed E-state index contributed by atoms with van der Waals surface area (Å²) in [7, 11) is 0. The molecule has 0 bridgehead atoms. The number of thiophene rings is 1. The number of benzene rings is 1. The molecule has 0 saturated carbocycles. The fourth-order valence-corrected chi connectivity index (χ4v) is 4.33. The van der Waals surface area contributed by atoms with Crippen LogP contribution in [0.1, 0.15) is 15.6 Å². The lowest BCUT2D eigenvalue weighted by molar-refractivity contribution is -0.112. The van der Waals surface area contributed by atoms with Gasteiger partial charge in [0.2, 0.25) is 5.13 Å². The van der Waals surface area contributed by atoms with E-state index in [0.29, 0.717) is 22.9 Å². The highest BCUT2D eigenvalue weighted by atomic mass is 32.1. The Labute approximate surface area is 179 Å². The maximum Gasteiger partial charge on any atom is 0.268 e. The summed E-state index contributed by atoms with van der Waals surface area (Å²) in [6.45, 7) is 0. The summed E-state index contributed by atoms with van der Waals surface area (Å²) < 4.78 is 15.2. The van der Waals surface area contributed by atoms with Gasteiger partial charge in [0.15, 0.2) is 0 Å². The Hall–Kier alpha value is -3.61. The molecule has 0 aliphatic carbocycles. The number of hydrogen-bond donors (Lipinski definition) is 1. The first-order valence-electron chi connectivity index (χ1n) is 8.83. The van der Waals surface area contributed by atoms with Crippen LogP contribution in [-0.2, 0) is 11.2 Å². The molecule has 0 aliphatic rings. The van der Waals surface area contributed by atoms with E-state index in [1.54, 1.807) is 46.4 Å². The van der Waals surface area contributed by atoms with Crippen LogP contribution in [-0.4, -0.2) is 20.7 Å². The number of rotatable bonds is 6. The van der Waals surface area contributed by atoms with Gasteiger partial charge >= 0.3 is 0 Å². The molecule has 3 heterocycles. The number of hydrogen-bond acceptors (Lipinski definition) is 6. The third-order valence-electron chi connectivity index (χ3n) is 4.12. The van der Waals surface area contributed by atoms with Crippen LogP contribution < -0.4 is 5.32 Å². The van der Waals surface area contributed by atoms with Gasteiger partial charge in [0.25, 0.3) is 5.91 Å². The van der Waals surface area contributed by atoms with E-state index < -0.39 is 5.91 Å². The number of carbonyl (C=O) groups excluding carboxylic acids is 1. The van der Waals surface area contributed by atoms with Crippen LogP contribution >= 0.6 is 22.7 Å². The average Bonchev–Trinajstić information content (AvgIpc) is 3.49. The van der Waals surface area contributed by atoms with Gasteiger partial charge in [-0.1, -0.05) is 23.5 Å². The molecule has 4 rings (SSSR count). The van der Waals surface area contributed by atoms with E-state index >= 15 is 0 Å². The van der Waals surface area contributed by atoms with Gasteiger partial charge in [-0.25, -0.2) is 4.39 Å². The molecule has 1 amide bonds. The Morgan fingerprint density at radius 2 is 2.13 bits per heavy atom. The van der Waals surface area contributed by atoms with Crippen molar-refractivity contribution in [3.8, 4) is 11.8 Å². The van der Waals surface area contributed by atoms with Gasteiger partial charge in [-0.2, -0.15) is 5.26 Å². The number of nitrogens with one attached hydrogen (secondary N) is 1. The molecule has 1 N–H and O–H groups in total. The van der Waals surface area contributed by atoms with Gasteiger partial charge in [0.05, 0.1) is 0 Å². The molecule has 0 aliphatic heterocycles. The van der Waals surface area contributed by atoms with Gasteiger partial charge in [-0.05, 0) is 47.9 Å². The van der Waals surface area contributed by atoms with Crippen LogP contribution in [0.2, 0.25) is 0 Å². The molecular formula is C21H14FN5OS2. The van der Waals surface area contributed by atoms with E-state index in [9.17, 15) is 14.4 Å². The summed E-state index contributed by atoms with van der Waals surface area (Å²) in [6, 6.07) is 15.4. The number of anilines is 1. The number of amides is 1. The zero-order valence-electron chi connectivity index (χ0n) is 15.4. The number of aromatic nitrogens is 3. The molecule has 0 spiro atoms. The van der Waals surface area contributed by atoms with Crippen LogP contribution in [0.3, 0.4) is 0 Å². The number of nitrogens with zero attached hydrogens (tertiary/aromatic N) is 4. The van der Waals surface area contributed by atoms with E-state index in [1.807, 2.05) is 23.6 Å². The molecule has 30 heavy (non-hydrogen) atoms. The second-order valence-electron chi connectivity index (χ2n) is 6.16. The Kier molecular flexibility index (Phi) is 5.79. The van der Waals surface area contributed by atoms with Crippen molar-refractivity contribution in [3.63, 3.8) is 0 Å². The molecule has 148 valence electrons. The summed E-state index contributed by atoms with van der Waals surface area (Å²) in [5.74, 6) is -0.952. The summed E-state index contributed by atoms with van der Waals surface area (Å²) in [5.41, 5.74) is 1.07. The largest absolute Gasteiger partial charge is 0.317 e. The predicted octanol–water partition coefficient (Wildman–Crippen LogP) is 4.67. The zero-order chi connectivity index (χ0) is 20.9. The quantitative estimate of drug-likeness (QED) is 0.352. The Balaban J connectivity index is 1.52. The van der Waals surface area contributed by atoms with Crippen molar-refractivity contribution in [1.29, 1.82) is 5.26 Å². The Bertz CT molecular complexity index is 1250. The number of nitriles is 1. The van der Waals surface area contributed by atoms with Crippen molar-refractivity contribution < 1.29 is 9.18 Å². The van der Waals surface area contributed by atoms with E-state index in [4.69, 9.17) is 0 Å². The van der Waals surface area contributed by atoms with E-state index in [0.717, 1.165) is 9.88 Å². The SMILES string of the molecule is N#C/C(=C/c1cccn1-c1cccc(F)c1)C(=O)Nc1nnc(Cc2cccs2)s1. The van der Waals surface area contributed by atoms with Gasteiger partial charge < -0.3 is 4.57 Å². The number of halogens is 1. The topological polar surface area (TPSA) is 83.6 Å². The maximum absolute atomic E-state index is 13.6. The first-order valence-corrected chi connectivity index (χ1v) is 10.5. The Morgan fingerprint density at radius 1 is 1.23 bits per heavy atom. The van der Waals surface area contributed by atoms with E-state index in [1.165, 1.54) is 29.5 Å². The van der Waals surface area contributed by atoms with Crippen molar-refractivity contribution >= 4 is 39.8 Å². The molecule has 4 aromatic rings. The highest BCUT2D eigenvalue weighted by molar-refractivity contribution is 7.15. The van der Waals surface area contributed by atoms with Gasteiger partial charge in [0, 0.05) is 28.9 Å². The van der Waals surface area contributed by atoms with Crippen LogP contribution in [0.5, 0.6) is 0 Å². The van der Waals surface area contributed by atoms with Crippen molar-refractivity contribution in [2.45, 2.75) is 6.42 Å². The first kappa shape index (κ1) is 19.7. The third-order valence-corrected chi connectivity index (χ3v) is 5.83. The minimum Gasteiger partial charge on any atom is -0.317 e. The lowest BCUT2D eigenvalue weighted by Crippen LogP contribution is -2.13. The van der Waals surface area contributed by atoms with E-state index in [-0.39, 0.29) is 11.4 Å². The van der Waals surface area contributed by atoms with Crippen molar-refractivity contribution in [2.24, 2.45) is 0 Å². The monoisotopic (exact) mass is 435 g/mol. The standard InChI is InChI=1S/C21H14FN5OS2/c22-15-4-1-5-17(11-15)27-8-2-6-16(27)10-14(13-23)20(28)24-21-26-25-19(30-21)12-18-7-3-9-29-18/h1-11H,12H2,(H,24,26,28)/b14-10-. The molecule has 0 saturated heterocycles. The maximum atomic E-state index is 13.6. The lowest BCUT2D eigenvalue weighted by atomic mass is 10.2. The van der Waals surface area contributed by atoms with Crippen LogP contribution in [0.4, 0.5) is 9.52 Å². The molecular weight excluding hydrogens is 421 g/mol. The van der Waals surface area contributed by atoms with Gasteiger partial charge in [-0.15, -0.1) is 21.5 Å². The van der Waals surface area contributed by atoms with Crippen molar-refractivity contribution in [1.82, 2.24) is 14.8 Å². The average molecular weight is 436 g/mol. The highest BCUT2D eigenvalue weighted by Crippen LogP contribution is 2.22. The molecule has 0 atom stereocenters. The predicted molar refractivity (Wildman–Crippen MR) is 115 cm³/mol. The fourth-order valence-electron chi connectivity index (χ4n) is 2.77. The molecule has 0 fully saturated rings. The molecule has 0 unspecified atom stereocenters. The molecule has 6 nitrogen and oxygen atoms in total. The molecule has 1 aromatic carbocycles. The van der Waals surface area contributed by atoms with Crippen LogP contribution in [0.15, 0.2) is 65.7 Å². The lowest BCUT2D eigenvalue weighted by Gasteiger charge is -2.07. The number of carbonyl (C=O) groups is 1. The summed E-state index contributed by atoms with van der Waals surface area (Å²) in [4.78, 5) is 13.7. The molecule has 3 aromatic heterocycles. The van der Waals surface area contributed by atoms with Gasteiger partial charge in [0.1, 0.15) is 22.5 Å². The second-order valence-corrected chi connectivity index (χ2v) is 8.26. The minimum atomic E-state index is -0.580. The smallest absolute Gasteiger partial charge is 0.268 e. The Morgan fingerprint density at radius 3 is 2.90 bits per heavy atom. The van der Waals surface area contributed by atoms with Crippen molar-refractivity contribution in [2.75, 3.05) is 5.32 Å².